The Bertz CT molecular complexity index is 674. The molecular formula is C20H28N4O. The maximum Gasteiger partial charge on any atom is 0.128 e. The number of aromatic nitrogens is 1. The average molecular weight is 340 g/mol. The molecule has 0 aliphatic carbocycles. The first kappa shape index (κ1) is 17.9. The van der Waals surface area contributed by atoms with Crippen LogP contribution in [0.15, 0.2) is 42.6 Å². The third-order valence-electron chi connectivity index (χ3n) is 4.75. The Kier molecular flexibility index (Phi) is 6.02. The van der Waals surface area contributed by atoms with Gasteiger partial charge in [-0.1, -0.05) is 30.3 Å². The number of nitrogens with one attached hydrogen (secondary N) is 1. The summed E-state index contributed by atoms with van der Waals surface area (Å²) in [7, 11) is 5.93. The van der Waals surface area contributed by atoms with Crippen LogP contribution in [0.5, 0.6) is 0 Å². The summed E-state index contributed by atoms with van der Waals surface area (Å²) in [5.41, 5.74) is 4.04. The number of nitrogens with zero attached hydrogens (tertiary/aromatic N) is 3. The maximum absolute atomic E-state index is 5.12. The number of methoxy groups -OCH3 is 1. The first-order valence-corrected chi connectivity index (χ1v) is 8.82. The maximum atomic E-state index is 5.12. The molecule has 1 atom stereocenters. The van der Waals surface area contributed by atoms with Crippen LogP contribution in [0.2, 0.25) is 0 Å². The largest absolute Gasteiger partial charge is 0.383 e. The molecule has 134 valence electrons. The number of anilines is 1. The minimum atomic E-state index is 0.360. The second-order valence-electron chi connectivity index (χ2n) is 6.77. The van der Waals surface area contributed by atoms with E-state index in [4.69, 9.17) is 4.74 Å². The minimum absolute atomic E-state index is 0.360. The van der Waals surface area contributed by atoms with Gasteiger partial charge < -0.3 is 19.9 Å². The smallest absolute Gasteiger partial charge is 0.128 e. The van der Waals surface area contributed by atoms with Crippen molar-refractivity contribution in [2.24, 2.45) is 0 Å². The zero-order chi connectivity index (χ0) is 17.6. The van der Waals surface area contributed by atoms with Gasteiger partial charge in [0.25, 0.3) is 0 Å². The van der Waals surface area contributed by atoms with Gasteiger partial charge in [0, 0.05) is 52.6 Å². The van der Waals surface area contributed by atoms with E-state index in [1.807, 2.05) is 13.2 Å². The molecule has 0 spiro atoms. The fourth-order valence-electron chi connectivity index (χ4n) is 3.29. The van der Waals surface area contributed by atoms with E-state index in [0.717, 1.165) is 32.0 Å². The van der Waals surface area contributed by atoms with Crippen LogP contribution in [0.4, 0.5) is 5.82 Å². The Balaban J connectivity index is 1.60. The molecule has 5 nitrogen and oxygen atoms in total. The lowest BCUT2D eigenvalue weighted by atomic mass is 9.95. The van der Waals surface area contributed by atoms with Crippen molar-refractivity contribution in [2.75, 3.05) is 45.8 Å². The summed E-state index contributed by atoms with van der Waals surface area (Å²) in [6.07, 6.45) is 1.96. The van der Waals surface area contributed by atoms with E-state index in [1.54, 1.807) is 7.11 Å². The van der Waals surface area contributed by atoms with Crippen LogP contribution in [-0.4, -0.2) is 50.8 Å². The summed E-state index contributed by atoms with van der Waals surface area (Å²) < 4.78 is 5.12. The predicted molar refractivity (Wildman–Crippen MR) is 102 cm³/mol. The first-order valence-electron chi connectivity index (χ1n) is 8.82. The van der Waals surface area contributed by atoms with Crippen molar-refractivity contribution in [3.63, 3.8) is 0 Å². The summed E-state index contributed by atoms with van der Waals surface area (Å²) in [5, 5.41) is 3.69. The molecule has 2 heterocycles. The van der Waals surface area contributed by atoms with Gasteiger partial charge in [-0.2, -0.15) is 0 Å². The van der Waals surface area contributed by atoms with Crippen molar-refractivity contribution in [1.82, 2.24) is 15.2 Å². The Labute approximate surface area is 150 Å². The summed E-state index contributed by atoms with van der Waals surface area (Å²) in [4.78, 5) is 9.05. The third kappa shape index (κ3) is 4.57. The molecule has 0 fully saturated rings. The average Bonchev–Trinajstić information content (AvgIpc) is 2.64. The summed E-state index contributed by atoms with van der Waals surface area (Å²) in [6, 6.07) is 13.3. The second-order valence-corrected chi connectivity index (χ2v) is 6.77. The predicted octanol–water partition coefficient (Wildman–Crippen LogP) is 2.44. The zero-order valence-corrected chi connectivity index (χ0v) is 15.4. The standard InChI is InChI=1S/C20H28N4O/c1-23-14-17-6-4-5-7-18(17)19(15-23)21-12-16-8-9-20(22-13-16)24(2)10-11-25-3/h4-9,13,19,21H,10-12,14-15H2,1-3H3. The SMILES string of the molecule is COCCN(C)c1ccc(CNC2CN(C)Cc3ccccc32)cn1. The normalized spacial score (nSPS) is 17.3. The number of rotatable bonds is 7. The molecule has 1 aliphatic heterocycles. The number of pyridine rings is 1. The van der Waals surface area contributed by atoms with E-state index >= 15 is 0 Å². The third-order valence-corrected chi connectivity index (χ3v) is 4.75. The van der Waals surface area contributed by atoms with Crippen molar-refractivity contribution in [2.45, 2.75) is 19.1 Å². The van der Waals surface area contributed by atoms with E-state index in [9.17, 15) is 0 Å². The molecule has 3 rings (SSSR count). The van der Waals surface area contributed by atoms with Gasteiger partial charge in [0.15, 0.2) is 0 Å². The van der Waals surface area contributed by atoms with Gasteiger partial charge in [-0.25, -0.2) is 4.98 Å². The van der Waals surface area contributed by atoms with Crippen molar-refractivity contribution < 1.29 is 4.74 Å². The van der Waals surface area contributed by atoms with Crippen LogP contribution in [0, 0.1) is 0 Å². The van der Waals surface area contributed by atoms with Gasteiger partial charge in [0.2, 0.25) is 0 Å². The molecule has 0 saturated heterocycles. The highest BCUT2D eigenvalue weighted by atomic mass is 16.5. The quantitative estimate of drug-likeness (QED) is 0.838. The molecule has 2 aromatic rings. The van der Waals surface area contributed by atoms with E-state index in [2.05, 4.69) is 63.5 Å². The van der Waals surface area contributed by atoms with E-state index in [1.165, 1.54) is 16.7 Å². The van der Waals surface area contributed by atoms with Gasteiger partial charge in [-0.15, -0.1) is 0 Å². The lowest BCUT2D eigenvalue weighted by molar-refractivity contribution is 0.206. The van der Waals surface area contributed by atoms with Crippen molar-refractivity contribution in [3.8, 4) is 0 Å². The molecule has 1 aromatic heterocycles. The van der Waals surface area contributed by atoms with Crippen molar-refractivity contribution in [3.05, 3.63) is 59.3 Å². The van der Waals surface area contributed by atoms with E-state index in [-0.39, 0.29) is 0 Å². The van der Waals surface area contributed by atoms with Gasteiger partial charge in [-0.3, -0.25) is 0 Å². The Morgan fingerprint density at radius 1 is 1.28 bits per heavy atom. The fourth-order valence-corrected chi connectivity index (χ4v) is 3.29. The number of hydrogen-bond donors (Lipinski definition) is 1. The topological polar surface area (TPSA) is 40.6 Å². The monoisotopic (exact) mass is 340 g/mol. The Morgan fingerprint density at radius 2 is 2.12 bits per heavy atom. The van der Waals surface area contributed by atoms with Crippen LogP contribution in [0.25, 0.3) is 0 Å². The highest BCUT2D eigenvalue weighted by molar-refractivity contribution is 5.38. The van der Waals surface area contributed by atoms with Gasteiger partial charge in [0.05, 0.1) is 6.61 Å². The zero-order valence-electron chi connectivity index (χ0n) is 15.4. The van der Waals surface area contributed by atoms with E-state index < -0.39 is 0 Å². The van der Waals surface area contributed by atoms with Crippen LogP contribution in [0.1, 0.15) is 22.7 Å². The van der Waals surface area contributed by atoms with E-state index in [0.29, 0.717) is 12.6 Å². The first-order chi connectivity index (χ1) is 12.2. The molecule has 5 heteroatoms. The highest BCUT2D eigenvalue weighted by Gasteiger charge is 2.22. The molecule has 1 aliphatic rings. The summed E-state index contributed by atoms with van der Waals surface area (Å²) in [6.45, 7) is 4.42. The fraction of sp³-hybridized carbons (Fsp3) is 0.450. The van der Waals surface area contributed by atoms with Crippen LogP contribution in [-0.2, 0) is 17.8 Å². The molecule has 0 bridgehead atoms. The van der Waals surface area contributed by atoms with Crippen LogP contribution in [0.3, 0.4) is 0 Å². The Hall–Kier alpha value is -1.95. The highest BCUT2D eigenvalue weighted by Crippen LogP contribution is 2.25. The number of benzene rings is 1. The minimum Gasteiger partial charge on any atom is -0.383 e. The molecule has 0 saturated carbocycles. The van der Waals surface area contributed by atoms with Crippen molar-refractivity contribution in [1.29, 1.82) is 0 Å². The lowest BCUT2D eigenvalue weighted by Crippen LogP contribution is -2.37. The molecule has 1 N–H and O–H groups in total. The lowest BCUT2D eigenvalue weighted by Gasteiger charge is -2.33. The number of fused-ring (bicyclic) bond motifs is 1. The van der Waals surface area contributed by atoms with Crippen LogP contribution < -0.4 is 10.2 Å². The van der Waals surface area contributed by atoms with Gasteiger partial charge in [-0.05, 0) is 29.8 Å². The van der Waals surface area contributed by atoms with Crippen molar-refractivity contribution >= 4 is 5.82 Å². The number of likely N-dealkylation sites (N-methyl/N-ethyl adjacent to an activating group) is 2. The summed E-state index contributed by atoms with van der Waals surface area (Å²) >= 11 is 0. The second kappa shape index (κ2) is 8.43. The molecule has 1 aromatic carbocycles. The number of hydrogen-bond acceptors (Lipinski definition) is 5. The molecule has 0 amide bonds. The Morgan fingerprint density at radius 3 is 2.88 bits per heavy atom. The molecule has 1 unspecified atom stereocenters. The molecular weight excluding hydrogens is 312 g/mol. The molecule has 0 radical (unpaired) electrons. The number of ether oxygens (including phenoxy) is 1. The van der Waals surface area contributed by atoms with Gasteiger partial charge in [0.1, 0.15) is 5.82 Å². The van der Waals surface area contributed by atoms with Gasteiger partial charge >= 0.3 is 0 Å². The van der Waals surface area contributed by atoms with Crippen LogP contribution >= 0.6 is 0 Å². The summed E-state index contributed by atoms with van der Waals surface area (Å²) in [5.74, 6) is 0.976. The molecule has 25 heavy (non-hydrogen) atoms.